The number of hydrogen-bond acceptors (Lipinski definition) is 3. The van der Waals surface area contributed by atoms with Gasteiger partial charge < -0.3 is 0 Å². The van der Waals surface area contributed by atoms with E-state index in [0.29, 0.717) is 10.3 Å². The van der Waals surface area contributed by atoms with Gasteiger partial charge in [0.15, 0.2) is 0 Å². The monoisotopic (exact) mass is 219 g/mol. The molecule has 76 valence electrons. The molecule has 0 unspecified atom stereocenters. The number of nitrogens with zero attached hydrogens (tertiary/aromatic N) is 2. The number of benzene rings is 1. The highest BCUT2D eigenvalue weighted by atomic mass is 32.1. The minimum Gasteiger partial charge on any atom is -0.268 e. The molecule has 0 aliphatic heterocycles. The van der Waals surface area contributed by atoms with Crippen LogP contribution in [-0.2, 0) is 0 Å². The summed E-state index contributed by atoms with van der Waals surface area (Å²) in [6.07, 6.45) is 1.38. The van der Waals surface area contributed by atoms with Crippen LogP contribution in [0.5, 0.6) is 0 Å². The van der Waals surface area contributed by atoms with Crippen molar-refractivity contribution in [1.29, 1.82) is 0 Å². The molecule has 0 saturated carbocycles. The van der Waals surface area contributed by atoms with Crippen LogP contribution in [0.4, 0.5) is 0 Å². The lowest BCUT2D eigenvalue weighted by molar-refractivity contribution is 0.0958. The van der Waals surface area contributed by atoms with E-state index < -0.39 is 0 Å². The van der Waals surface area contributed by atoms with Crippen LogP contribution in [0.2, 0.25) is 0 Å². The number of carbonyl (C=O) groups is 1. The summed E-state index contributed by atoms with van der Waals surface area (Å²) in [5.41, 5.74) is 1.71. The van der Waals surface area contributed by atoms with Gasteiger partial charge in [0, 0.05) is 5.56 Å². The number of aromatic amines is 1. The van der Waals surface area contributed by atoms with Gasteiger partial charge in [0.25, 0.3) is 5.91 Å². The fourth-order valence-electron chi connectivity index (χ4n) is 1.23. The topological polar surface area (TPSA) is 50.7 Å². The van der Waals surface area contributed by atoms with Crippen molar-refractivity contribution in [2.75, 3.05) is 0 Å². The molecule has 0 bridgehead atoms. The van der Waals surface area contributed by atoms with E-state index in [1.54, 1.807) is 12.1 Å². The average molecular weight is 219 g/mol. The van der Waals surface area contributed by atoms with Crippen LogP contribution in [0, 0.1) is 11.7 Å². The molecule has 2 rings (SSSR count). The molecule has 0 radical (unpaired) electrons. The van der Waals surface area contributed by atoms with Crippen molar-refractivity contribution >= 4 is 18.1 Å². The van der Waals surface area contributed by atoms with Crippen LogP contribution in [-0.4, -0.2) is 20.7 Å². The molecule has 0 fully saturated rings. The van der Waals surface area contributed by atoms with Gasteiger partial charge in [0.05, 0.1) is 0 Å². The number of carbonyl (C=O) groups excluding carboxylic acids is 1. The van der Waals surface area contributed by atoms with Crippen molar-refractivity contribution in [2.24, 2.45) is 0 Å². The molecule has 1 heterocycles. The first-order valence-electron chi connectivity index (χ1n) is 4.42. The molecule has 5 heteroatoms. The van der Waals surface area contributed by atoms with Crippen LogP contribution in [0.1, 0.15) is 15.9 Å². The van der Waals surface area contributed by atoms with Gasteiger partial charge in [-0.2, -0.15) is 5.10 Å². The van der Waals surface area contributed by atoms with E-state index in [9.17, 15) is 4.79 Å². The first kappa shape index (κ1) is 9.79. The summed E-state index contributed by atoms with van der Waals surface area (Å²) in [5, 5.41) is 6.24. The largest absolute Gasteiger partial charge is 0.268 e. The standard InChI is InChI=1S/C10H9N3OS/c1-7-2-4-8(5-3-7)9(14)13-6-11-12-10(13)15/h2-6H,1H3,(H,12,15). The average Bonchev–Trinajstić information content (AvgIpc) is 2.65. The Labute approximate surface area is 91.6 Å². The predicted molar refractivity (Wildman–Crippen MR) is 58.3 cm³/mol. The quantitative estimate of drug-likeness (QED) is 0.746. The van der Waals surface area contributed by atoms with E-state index in [0.717, 1.165) is 5.56 Å². The van der Waals surface area contributed by atoms with Crippen molar-refractivity contribution < 1.29 is 4.79 Å². The van der Waals surface area contributed by atoms with E-state index in [4.69, 9.17) is 12.2 Å². The maximum absolute atomic E-state index is 11.9. The second kappa shape index (κ2) is 3.78. The Kier molecular flexibility index (Phi) is 2.47. The molecule has 1 N–H and O–H groups in total. The zero-order valence-electron chi connectivity index (χ0n) is 8.10. The number of nitrogens with one attached hydrogen (secondary N) is 1. The van der Waals surface area contributed by atoms with Gasteiger partial charge in [0.1, 0.15) is 6.33 Å². The van der Waals surface area contributed by atoms with E-state index in [2.05, 4.69) is 10.2 Å². The second-order valence-electron chi connectivity index (χ2n) is 3.20. The summed E-state index contributed by atoms with van der Waals surface area (Å²) in [5.74, 6) is -0.172. The van der Waals surface area contributed by atoms with Gasteiger partial charge in [0.2, 0.25) is 4.77 Å². The summed E-state index contributed by atoms with van der Waals surface area (Å²) in [4.78, 5) is 11.9. The van der Waals surface area contributed by atoms with E-state index >= 15 is 0 Å². The van der Waals surface area contributed by atoms with Crippen LogP contribution in [0.3, 0.4) is 0 Å². The Morgan fingerprint density at radius 2 is 2.07 bits per heavy atom. The lowest BCUT2D eigenvalue weighted by atomic mass is 10.1. The Balaban J connectivity index is 2.41. The predicted octanol–water partition coefficient (Wildman–Crippen LogP) is 1.94. The zero-order chi connectivity index (χ0) is 10.8. The molecule has 0 spiro atoms. The molecule has 1 aromatic carbocycles. The van der Waals surface area contributed by atoms with E-state index in [1.165, 1.54) is 10.9 Å². The fourth-order valence-corrected chi connectivity index (χ4v) is 1.41. The summed E-state index contributed by atoms with van der Waals surface area (Å²) in [6, 6.07) is 7.31. The van der Waals surface area contributed by atoms with E-state index in [1.807, 2.05) is 19.1 Å². The highest BCUT2D eigenvalue weighted by Crippen LogP contribution is 2.05. The third-order valence-corrected chi connectivity index (χ3v) is 2.36. The van der Waals surface area contributed by atoms with Gasteiger partial charge in [-0.3, -0.25) is 9.89 Å². The number of H-pyrrole nitrogens is 1. The van der Waals surface area contributed by atoms with Crippen molar-refractivity contribution in [3.8, 4) is 0 Å². The van der Waals surface area contributed by atoms with Gasteiger partial charge >= 0.3 is 0 Å². The highest BCUT2D eigenvalue weighted by Gasteiger charge is 2.08. The zero-order valence-corrected chi connectivity index (χ0v) is 8.91. The third kappa shape index (κ3) is 1.87. The van der Waals surface area contributed by atoms with Gasteiger partial charge in [-0.05, 0) is 31.3 Å². The van der Waals surface area contributed by atoms with Crippen molar-refractivity contribution in [2.45, 2.75) is 6.92 Å². The minimum absolute atomic E-state index is 0.172. The fraction of sp³-hybridized carbons (Fsp3) is 0.100. The lowest BCUT2D eigenvalue weighted by Gasteiger charge is -2.00. The van der Waals surface area contributed by atoms with Gasteiger partial charge in [-0.1, -0.05) is 17.7 Å². The summed E-state index contributed by atoms with van der Waals surface area (Å²) in [7, 11) is 0. The molecule has 0 amide bonds. The number of hydrogen-bond donors (Lipinski definition) is 1. The van der Waals surface area contributed by atoms with Gasteiger partial charge in [-0.15, -0.1) is 0 Å². The van der Waals surface area contributed by atoms with Crippen LogP contribution in [0.25, 0.3) is 0 Å². The molecule has 0 saturated heterocycles. The molecule has 0 aliphatic rings. The first-order chi connectivity index (χ1) is 7.18. The van der Waals surface area contributed by atoms with Gasteiger partial charge in [-0.25, -0.2) is 4.57 Å². The normalized spacial score (nSPS) is 10.2. The minimum atomic E-state index is -0.172. The number of aromatic nitrogens is 3. The SMILES string of the molecule is Cc1ccc(C(=O)n2cn[nH]c2=S)cc1. The van der Waals surface area contributed by atoms with Crippen molar-refractivity contribution in [3.05, 3.63) is 46.5 Å². The van der Waals surface area contributed by atoms with Crippen LogP contribution >= 0.6 is 12.2 Å². The van der Waals surface area contributed by atoms with Crippen LogP contribution < -0.4 is 0 Å². The lowest BCUT2D eigenvalue weighted by Crippen LogP contribution is -2.10. The molecule has 4 nitrogen and oxygen atoms in total. The Morgan fingerprint density at radius 1 is 1.40 bits per heavy atom. The van der Waals surface area contributed by atoms with Crippen molar-refractivity contribution in [1.82, 2.24) is 14.8 Å². The Bertz CT molecular complexity index is 538. The van der Waals surface area contributed by atoms with Crippen LogP contribution in [0.15, 0.2) is 30.6 Å². The molecule has 2 aromatic rings. The Hall–Kier alpha value is -1.75. The summed E-state index contributed by atoms with van der Waals surface area (Å²) < 4.78 is 1.61. The Morgan fingerprint density at radius 3 is 2.60 bits per heavy atom. The number of rotatable bonds is 1. The van der Waals surface area contributed by atoms with Crippen molar-refractivity contribution in [3.63, 3.8) is 0 Å². The smallest absolute Gasteiger partial charge is 0.265 e. The first-order valence-corrected chi connectivity index (χ1v) is 4.83. The number of aryl methyl sites for hydroxylation is 1. The molecule has 0 aliphatic carbocycles. The highest BCUT2D eigenvalue weighted by molar-refractivity contribution is 7.71. The third-order valence-electron chi connectivity index (χ3n) is 2.07. The summed E-state index contributed by atoms with van der Waals surface area (Å²) >= 11 is 4.91. The molecule has 0 atom stereocenters. The summed E-state index contributed by atoms with van der Waals surface area (Å²) in [6.45, 7) is 1.97. The molecular weight excluding hydrogens is 210 g/mol. The maximum Gasteiger partial charge on any atom is 0.265 e. The molecule has 1 aromatic heterocycles. The molecular formula is C10H9N3OS. The van der Waals surface area contributed by atoms with E-state index in [-0.39, 0.29) is 5.91 Å². The molecule has 15 heavy (non-hydrogen) atoms. The maximum atomic E-state index is 11.9. The second-order valence-corrected chi connectivity index (χ2v) is 3.59.